The topological polar surface area (TPSA) is 36.1 Å². The molecule has 0 fully saturated rings. The second kappa shape index (κ2) is 5.77. The number of hydrogen-bond donors (Lipinski definition) is 0. The van der Waals surface area contributed by atoms with E-state index in [-0.39, 0.29) is 0 Å². The smallest absolute Gasteiger partial charge is 0.0669 e. The third kappa shape index (κ3) is 3.62. The molecule has 0 saturated carbocycles. The van der Waals surface area contributed by atoms with Crippen molar-refractivity contribution in [2.45, 2.75) is 6.42 Å². The van der Waals surface area contributed by atoms with Crippen LogP contribution in [-0.4, -0.2) is 13.3 Å². The van der Waals surface area contributed by atoms with Crippen molar-refractivity contribution in [3.05, 3.63) is 24.3 Å². The predicted molar refractivity (Wildman–Crippen MR) is 42.9 cm³/mol. The Morgan fingerprint density at radius 3 is 2.90 bits per heavy atom. The van der Waals surface area contributed by atoms with Gasteiger partial charge in [-0.1, -0.05) is 12.7 Å². The van der Waals surface area contributed by atoms with E-state index in [1.807, 2.05) is 6.07 Å². The summed E-state index contributed by atoms with van der Waals surface area (Å²) >= 11 is 0. The van der Waals surface area contributed by atoms with Gasteiger partial charge in [-0.2, -0.15) is 5.26 Å². The van der Waals surface area contributed by atoms with Gasteiger partial charge in [0.25, 0.3) is 0 Å². The summed E-state index contributed by atoms with van der Waals surface area (Å²) < 4.78 is 0. The van der Waals surface area contributed by atoms with Crippen LogP contribution in [0.2, 0.25) is 0 Å². The van der Waals surface area contributed by atoms with Crippen LogP contribution in [-0.2, 0) is 0 Å². The molecule has 0 unspecified atom stereocenters. The summed E-state index contributed by atoms with van der Waals surface area (Å²) in [6.45, 7) is 3.55. The van der Waals surface area contributed by atoms with E-state index in [0.717, 1.165) is 5.57 Å². The van der Waals surface area contributed by atoms with Crippen molar-refractivity contribution in [2.75, 3.05) is 7.05 Å². The van der Waals surface area contributed by atoms with Crippen molar-refractivity contribution >= 4 is 6.21 Å². The highest BCUT2D eigenvalue weighted by molar-refractivity contribution is 5.72. The van der Waals surface area contributed by atoms with Crippen LogP contribution in [0.25, 0.3) is 0 Å². The predicted octanol–water partition coefficient (Wildman–Crippen LogP) is 1.71. The van der Waals surface area contributed by atoms with E-state index in [2.05, 4.69) is 11.6 Å². The molecule has 0 saturated heterocycles. The summed E-state index contributed by atoms with van der Waals surface area (Å²) in [4.78, 5) is 3.75. The molecular formula is C8H10N2. The Kier molecular flexibility index (Phi) is 4.99. The summed E-state index contributed by atoms with van der Waals surface area (Å²) in [6.07, 6.45) is 5.48. The lowest BCUT2D eigenvalue weighted by Gasteiger charge is -1.87. The maximum absolute atomic E-state index is 8.28. The fourth-order valence-corrected chi connectivity index (χ4v) is 0.461. The second-order valence-electron chi connectivity index (χ2n) is 1.69. The minimum absolute atomic E-state index is 0.398. The molecule has 2 nitrogen and oxygen atoms in total. The molecule has 0 bridgehead atoms. The Labute approximate surface area is 61.2 Å². The van der Waals surface area contributed by atoms with E-state index in [1.54, 1.807) is 25.4 Å². The van der Waals surface area contributed by atoms with Crippen molar-refractivity contribution in [3.8, 4) is 6.07 Å². The second-order valence-corrected chi connectivity index (χ2v) is 1.69. The molecule has 0 radical (unpaired) electrons. The zero-order valence-electron chi connectivity index (χ0n) is 6.04. The standard InChI is InChI=1S/C8H10N2/c1-3-8(4-6-9)5-7-10-2/h3,5,7H,1,4H2,2H3. The largest absolute Gasteiger partial charge is 0.297 e. The fourth-order valence-electron chi connectivity index (χ4n) is 0.461. The first-order valence-electron chi connectivity index (χ1n) is 2.96. The summed E-state index contributed by atoms with van der Waals surface area (Å²) in [5.41, 5.74) is 0.896. The fraction of sp³-hybridized carbons (Fsp3) is 0.250. The zero-order chi connectivity index (χ0) is 7.82. The molecule has 0 atom stereocenters. The quantitative estimate of drug-likeness (QED) is 0.427. The van der Waals surface area contributed by atoms with Gasteiger partial charge in [0.05, 0.1) is 12.5 Å². The number of allylic oxidation sites excluding steroid dienone is 3. The first kappa shape index (κ1) is 8.64. The number of hydrogen-bond acceptors (Lipinski definition) is 2. The summed E-state index contributed by atoms with van der Waals surface area (Å²) in [7, 11) is 1.68. The maximum atomic E-state index is 8.28. The molecule has 0 rings (SSSR count). The van der Waals surface area contributed by atoms with Gasteiger partial charge < -0.3 is 0 Å². The Bertz CT molecular complexity index is 194. The lowest BCUT2D eigenvalue weighted by atomic mass is 10.2. The number of nitrogens with zero attached hydrogens (tertiary/aromatic N) is 2. The van der Waals surface area contributed by atoms with E-state index < -0.39 is 0 Å². The SMILES string of the molecule is C=CC(=CC=NC)CC#N. The van der Waals surface area contributed by atoms with Gasteiger partial charge >= 0.3 is 0 Å². The molecule has 0 N–H and O–H groups in total. The van der Waals surface area contributed by atoms with Gasteiger partial charge in [0, 0.05) is 13.3 Å². The van der Waals surface area contributed by atoms with E-state index in [0.29, 0.717) is 6.42 Å². The molecule has 0 aliphatic rings. The number of rotatable bonds is 3. The van der Waals surface area contributed by atoms with Crippen molar-refractivity contribution in [2.24, 2.45) is 4.99 Å². The summed E-state index contributed by atoms with van der Waals surface area (Å²) in [5, 5.41) is 8.28. The zero-order valence-corrected chi connectivity index (χ0v) is 6.04. The first-order chi connectivity index (χ1) is 4.85. The van der Waals surface area contributed by atoms with Crippen molar-refractivity contribution < 1.29 is 0 Å². The van der Waals surface area contributed by atoms with E-state index in [9.17, 15) is 0 Å². The van der Waals surface area contributed by atoms with Crippen LogP contribution in [0.5, 0.6) is 0 Å². The van der Waals surface area contributed by atoms with Gasteiger partial charge in [-0.3, -0.25) is 4.99 Å². The molecule has 0 aromatic carbocycles. The summed E-state index contributed by atoms with van der Waals surface area (Å²) in [6, 6.07) is 2.03. The molecule has 0 heterocycles. The molecule has 52 valence electrons. The Morgan fingerprint density at radius 2 is 2.50 bits per heavy atom. The first-order valence-corrected chi connectivity index (χ1v) is 2.96. The van der Waals surface area contributed by atoms with Crippen molar-refractivity contribution in [3.63, 3.8) is 0 Å². The van der Waals surface area contributed by atoms with Crippen LogP contribution in [0.4, 0.5) is 0 Å². The molecular weight excluding hydrogens is 124 g/mol. The van der Waals surface area contributed by atoms with Crippen LogP contribution in [0.3, 0.4) is 0 Å². The van der Waals surface area contributed by atoms with Gasteiger partial charge in [-0.25, -0.2) is 0 Å². The molecule has 2 heteroatoms. The Hall–Kier alpha value is -1.36. The molecule has 0 spiro atoms. The van der Waals surface area contributed by atoms with Crippen molar-refractivity contribution in [1.29, 1.82) is 5.26 Å². The molecule has 0 amide bonds. The van der Waals surface area contributed by atoms with Crippen molar-refractivity contribution in [1.82, 2.24) is 0 Å². The van der Waals surface area contributed by atoms with Gasteiger partial charge in [0.2, 0.25) is 0 Å². The van der Waals surface area contributed by atoms with Crippen LogP contribution < -0.4 is 0 Å². The highest BCUT2D eigenvalue weighted by Crippen LogP contribution is 1.98. The molecule has 10 heavy (non-hydrogen) atoms. The van der Waals surface area contributed by atoms with Crippen LogP contribution in [0, 0.1) is 11.3 Å². The van der Waals surface area contributed by atoms with Crippen LogP contribution >= 0.6 is 0 Å². The summed E-state index contributed by atoms with van der Waals surface area (Å²) in [5.74, 6) is 0. The average Bonchev–Trinajstić information content (AvgIpc) is 1.98. The molecule has 0 aliphatic heterocycles. The van der Waals surface area contributed by atoms with Crippen LogP contribution in [0.1, 0.15) is 6.42 Å². The molecule has 0 aliphatic carbocycles. The average molecular weight is 134 g/mol. The van der Waals surface area contributed by atoms with Crippen LogP contribution in [0.15, 0.2) is 29.3 Å². The van der Waals surface area contributed by atoms with E-state index >= 15 is 0 Å². The maximum Gasteiger partial charge on any atom is 0.0669 e. The normalized spacial score (nSPS) is 11.4. The minimum Gasteiger partial charge on any atom is -0.297 e. The minimum atomic E-state index is 0.398. The lowest BCUT2D eigenvalue weighted by molar-refractivity contribution is 1.28. The Balaban J connectivity index is 4.06. The number of nitriles is 1. The van der Waals surface area contributed by atoms with E-state index in [4.69, 9.17) is 5.26 Å². The van der Waals surface area contributed by atoms with Gasteiger partial charge in [0.15, 0.2) is 0 Å². The van der Waals surface area contributed by atoms with E-state index in [1.165, 1.54) is 0 Å². The molecule has 0 aromatic rings. The number of aliphatic imine (C=N–C) groups is 1. The monoisotopic (exact) mass is 134 g/mol. The highest BCUT2D eigenvalue weighted by atomic mass is 14.6. The highest BCUT2D eigenvalue weighted by Gasteiger charge is 1.85. The van der Waals surface area contributed by atoms with Gasteiger partial charge in [-0.05, 0) is 11.6 Å². The third-order valence-electron chi connectivity index (χ3n) is 0.983. The Morgan fingerprint density at radius 1 is 1.80 bits per heavy atom. The third-order valence-corrected chi connectivity index (χ3v) is 0.983. The lowest BCUT2D eigenvalue weighted by Crippen LogP contribution is -1.75. The van der Waals surface area contributed by atoms with Gasteiger partial charge in [-0.15, -0.1) is 0 Å². The van der Waals surface area contributed by atoms with Gasteiger partial charge in [0.1, 0.15) is 0 Å². The molecule has 0 aromatic heterocycles.